The van der Waals surface area contributed by atoms with E-state index in [1.54, 1.807) is 18.2 Å². The number of anilines is 2. The fraction of sp³-hybridized carbons (Fsp3) is 0.250. The van der Waals surface area contributed by atoms with E-state index in [1.165, 1.54) is 0 Å². The lowest BCUT2D eigenvalue weighted by Gasteiger charge is -2.07. The van der Waals surface area contributed by atoms with Crippen molar-refractivity contribution < 1.29 is 5.11 Å². The Kier molecular flexibility index (Phi) is 3.19. The number of aliphatic hydroxyl groups is 1. The van der Waals surface area contributed by atoms with Gasteiger partial charge in [-0.1, -0.05) is 11.6 Å². The van der Waals surface area contributed by atoms with Gasteiger partial charge in [0.1, 0.15) is 0 Å². The molecule has 0 aliphatic rings. The second-order valence-corrected chi connectivity index (χ2v) is 2.82. The van der Waals surface area contributed by atoms with E-state index in [9.17, 15) is 0 Å². The Morgan fingerprint density at radius 3 is 2.83 bits per heavy atom. The molecule has 4 heteroatoms. The molecule has 0 saturated carbocycles. The molecule has 1 rings (SSSR count). The van der Waals surface area contributed by atoms with Crippen LogP contribution in [0.1, 0.15) is 0 Å². The van der Waals surface area contributed by atoms with E-state index in [2.05, 4.69) is 5.32 Å². The maximum absolute atomic E-state index is 8.54. The summed E-state index contributed by atoms with van der Waals surface area (Å²) in [6.07, 6.45) is 0. The zero-order chi connectivity index (χ0) is 8.97. The Morgan fingerprint density at radius 1 is 1.50 bits per heavy atom. The number of rotatable bonds is 3. The first-order chi connectivity index (χ1) is 5.74. The third-order valence-corrected chi connectivity index (χ3v) is 1.68. The van der Waals surface area contributed by atoms with Crippen LogP contribution >= 0.6 is 11.6 Å². The molecule has 1 aromatic carbocycles. The third-order valence-electron chi connectivity index (χ3n) is 1.44. The van der Waals surface area contributed by atoms with Crippen molar-refractivity contribution in [3.05, 3.63) is 23.2 Å². The van der Waals surface area contributed by atoms with Gasteiger partial charge >= 0.3 is 0 Å². The molecule has 0 bridgehead atoms. The lowest BCUT2D eigenvalue weighted by atomic mass is 10.2. The van der Waals surface area contributed by atoms with E-state index in [-0.39, 0.29) is 6.61 Å². The first-order valence-corrected chi connectivity index (χ1v) is 4.01. The van der Waals surface area contributed by atoms with Crippen molar-refractivity contribution in [3.63, 3.8) is 0 Å². The number of aliphatic hydroxyl groups excluding tert-OH is 1. The van der Waals surface area contributed by atoms with Crippen LogP contribution in [0.4, 0.5) is 11.4 Å². The molecule has 0 aliphatic heterocycles. The molecular formula is C8H11ClN2O. The highest BCUT2D eigenvalue weighted by Gasteiger charge is 1.97. The topological polar surface area (TPSA) is 58.3 Å². The molecule has 1 aromatic rings. The second kappa shape index (κ2) is 4.18. The highest BCUT2D eigenvalue weighted by Crippen LogP contribution is 2.21. The van der Waals surface area contributed by atoms with Crippen molar-refractivity contribution in [2.45, 2.75) is 0 Å². The number of hydrogen-bond acceptors (Lipinski definition) is 3. The van der Waals surface area contributed by atoms with E-state index in [4.69, 9.17) is 22.4 Å². The minimum Gasteiger partial charge on any atom is -0.397 e. The molecule has 0 spiro atoms. The molecule has 0 heterocycles. The smallest absolute Gasteiger partial charge is 0.0604 e. The molecule has 4 N–H and O–H groups in total. The van der Waals surface area contributed by atoms with Gasteiger partial charge in [0, 0.05) is 11.6 Å². The molecular weight excluding hydrogens is 176 g/mol. The van der Waals surface area contributed by atoms with Gasteiger partial charge < -0.3 is 16.2 Å². The highest BCUT2D eigenvalue weighted by molar-refractivity contribution is 6.31. The van der Waals surface area contributed by atoms with Crippen LogP contribution in [0.3, 0.4) is 0 Å². The lowest BCUT2D eigenvalue weighted by molar-refractivity contribution is 0.311. The quantitative estimate of drug-likeness (QED) is 0.625. The molecule has 0 aromatic heterocycles. The minimum atomic E-state index is 0.0854. The average molecular weight is 187 g/mol. The second-order valence-electron chi connectivity index (χ2n) is 2.38. The van der Waals surface area contributed by atoms with Gasteiger partial charge in [-0.05, 0) is 18.2 Å². The van der Waals surface area contributed by atoms with Gasteiger partial charge in [-0.3, -0.25) is 0 Å². The number of hydrogen-bond donors (Lipinski definition) is 3. The molecule has 0 saturated heterocycles. The van der Waals surface area contributed by atoms with Gasteiger partial charge in [-0.2, -0.15) is 0 Å². The van der Waals surface area contributed by atoms with Crippen LogP contribution in [0.25, 0.3) is 0 Å². The van der Waals surface area contributed by atoms with Gasteiger partial charge in [0.05, 0.1) is 18.0 Å². The van der Waals surface area contributed by atoms with Gasteiger partial charge in [0.15, 0.2) is 0 Å². The fourth-order valence-corrected chi connectivity index (χ4v) is 1.07. The number of halogens is 1. The first-order valence-electron chi connectivity index (χ1n) is 3.64. The molecule has 3 nitrogen and oxygen atoms in total. The Bertz CT molecular complexity index is 265. The number of nitrogens with two attached hydrogens (primary N) is 1. The average Bonchev–Trinajstić information content (AvgIpc) is 2.03. The van der Waals surface area contributed by atoms with E-state index >= 15 is 0 Å². The summed E-state index contributed by atoms with van der Waals surface area (Å²) < 4.78 is 0. The molecule has 0 unspecified atom stereocenters. The van der Waals surface area contributed by atoms with E-state index in [0.29, 0.717) is 17.3 Å². The van der Waals surface area contributed by atoms with Gasteiger partial charge in [0.2, 0.25) is 0 Å². The van der Waals surface area contributed by atoms with E-state index in [1.807, 2.05) is 0 Å². The third kappa shape index (κ3) is 2.29. The van der Waals surface area contributed by atoms with E-state index in [0.717, 1.165) is 5.69 Å². The fourth-order valence-electron chi connectivity index (χ4n) is 0.885. The predicted octanol–water partition coefficient (Wildman–Crippen LogP) is 1.33. The van der Waals surface area contributed by atoms with Crippen LogP contribution in [0, 0.1) is 0 Å². The molecule has 66 valence electrons. The normalized spacial score (nSPS) is 9.83. The standard InChI is InChI=1S/C8H11ClN2O/c9-6-1-2-8(7(10)5-6)11-3-4-12/h1-2,5,11-12H,3-4,10H2. The summed E-state index contributed by atoms with van der Waals surface area (Å²) >= 11 is 5.69. The lowest BCUT2D eigenvalue weighted by Crippen LogP contribution is -2.07. The van der Waals surface area contributed by atoms with Crippen molar-refractivity contribution in [2.24, 2.45) is 0 Å². The summed E-state index contributed by atoms with van der Waals surface area (Å²) in [5.41, 5.74) is 7.03. The summed E-state index contributed by atoms with van der Waals surface area (Å²) in [4.78, 5) is 0. The molecule has 0 aliphatic carbocycles. The SMILES string of the molecule is Nc1cc(Cl)ccc1NCCO. The van der Waals surface area contributed by atoms with Crippen molar-refractivity contribution >= 4 is 23.0 Å². The number of benzene rings is 1. The van der Waals surface area contributed by atoms with Crippen LogP contribution in [0.5, 0.6) is 0 Å². The van der Waals surface area contributed by atoms with Crippen LogP contribution in [-0.4, -0.2) is 18.3 Å². The van der Waals surface area contributed by atoms with Gasteiger partial charge in [-0.25, -0.2) is 0 Å². The van der Waals surface area contributed by atoms with Crippen LogP contribution < -0.4 is 11.1 Å². The highest BCUT2D eigenvalue weighted by atomic mass is 35.5. The van der Waals surface area contributed by atoms with Crippen LogP contribution in [-0.2, 0) is 0 Å². The summed E-state index contributed by atoms with van der Waals surface area (Å²) in [6, 6.07) is 5.20. The van der Waals surface area contributed by atoms with Crippen molar-refractivity contribution in [3.8, 4) is 0 Å². The van der Waals surface area contributed by atoms with Gasteiger partial charge in [-0.15, -0.1) is 0 Å². The monoisotopic (exact) mass is 186 g/mol. The van der Waals surface area contributed by atoms with Crippen molar-refractivity contribution in [1.82, 2.24) is 0 Å². The maximum Gasteiger partial charge on any atom is 0.0604 e. The van der Waals surface area contributed by atoms with Crippen LogP contribution in [0.15, 0.2) is 18.2 Å². The molecule has 0 atom stereocenters. The summed E-state index contributed by atoms with van der Waals surface area (Å²) in [7, 11) is 0. The molecule has 0 radical (unpaired) electrons. The first kappa shape index (κ1) is 9.16. The molecule has 12 heavy (non-hydrogen) atoms. The Morgan fingerprint density at radius 2 is 2.25 bits per heavy atom. The Labute approximate surface area is 76.1 Å². The van der Waals surface area contributed by atoms with E-state index < -0.39 is 0 Å². The number of nitrogens with one attached hydrogen (secondary N) is 1. The van der Waals surface area contributed by atoms with Crippen LogP contribution in [0.2, 0.25) is 5.02 Å². The molecule has 0 fully saturated rings. The minimum absolute atomic E-state index is 0.0854. The van der Waals surface area contributed by atoms with Gasteiger partial charge in [0.25, 0.3) is 0 Å². The summed E-state index contributed by atoms with van der Waals surface area (Å²) in [6.45, 7) is 0.577. The zero-order valence-electron chi connectivity index (χ0n) is 6.55. The summed E-state index contributed by atoms with van der Waals surface area (Å²) in [5.74, 6) is 0. The molecule has 0 amide bonds. The zero-order valence-corrected chi connectivity index (χ0v) is 7.30. The number of nitrogen functional groups attached to an aromatic ring is 1. The summed E-state index contributed by atoms with van der Waals surface area (Å²) in [5, 5.41) is 12.1. The van der Waals surface area contributed by atoms with Crippen molar-refractivity contribution in [2.75, 3.05) is 24.2 Å². The largest absolute Gasteiger partial charge is 0.397 e. The van der Waals surface area contributed by atoms with Crippen molar-refractivity contribution in [1.29, 1.82) is 0 Å². The Hall–Kier alpha value is -0.930. The predicted molar refractivity (Wildman–Crippen MR) is 51.4 cm³/mol. The Balaban J connectivity index is 2.72. The maximum atomic E-state index is 8.54.